The fourth-order valence-electron chi connectivity index (χ4n) is 3.40. The van der Waals surface area contributed by atoms with Crippen molar-refractivity contribution in [3.63, 3.8) is 0 Å². The summed E-state index contributed by atoms with van der Waals surface area (Å²) in [5.74, 6) is -0.158. The van der Waals surface area contributed by atoms with E-state index in [0.717, 1.165) is 29.7 Å². The van der Waals surface area contributed by atoms with E-state index in [9.17, 15) is 13.2 Å². The van der Waals surface area contributed by atoms with Crippen LogP contribution in [0, 0.1) is 13.8 Å². The van der Waals surface area contributed by atoms with Gasteiger partial charge in [-0.15, -0.1) is 0 Å². The van der Waals surface area contributed by atoms with Gasteiger partial charge in [0, 0.05) is 24.7 Å². The number of sulfonamides is 1. The molecule has 2 aromatic carbocycles. The maximum absolute atomic E-state index is 13.1. The number of rotatable bonds is 5. The topological polar surface area (TPSA) is 66.5 Å². The Balaban J connectivity index is 1.73. The number of benzene rings is 2. The van der Waals surface area contributed by atoms with Crippen molar-refractivity contribution >= 4 is 21.6 Å². The molecule has 0 aliphatic carbocycles. The summed E-state index contributed by atoms with van der Waals surface area (Å²) in [5.41, 5.74) is 2.87. The number of piperidine rings is 1. The summed E-state index contributed by atoms with van der Waals surface area (Å²) in [7, 11) is -3.60. The van der Waals surface area contributed by atoms with Gasteiger partial charge < -0.3 is 5.32 Å². The number of nitrogens with one attached hydrogen (secondary N) is 1. The molecule has 144 valence electrons. The van der Waals surface area contributed by atoms with E-state index in [2.05, 4.69) is 5.32 Å². The van der Waals surface area contributed by atoms with Crippen LogP contribution in [0.5, 0.6) is 0 Å². The summed E-state index contributed by atoms with van der Waals surface area (Å²) in [6.45, 7) is 4.37. The fraction of sp³-hybridized carbons (Fsp3) is 0.381. The average Bonchev–Trinajstić information content (AvgIpc) is 2.64. The first-order chi connectivity index (χ1) is 12.9. The van der Waals surface area contributed by atoms with Crippen molar-refractivity contribution in [1.82, 2.24) is 4.31 Å². The van der Waals surface area contributed by atoms with E-state index in [1.807, 2.05) is 38.1 Å². The number of nitrogens with zero attached hydrogens (tertiary/aromatic N) is 1. The van der Waals surface area contributed by atoms with Gasteiger partial charge in [0.1, 0.15) is 0 Å². The summed E-state index contributed by atoms with van der Waals surface area (Å²) in [4.78, 5) is 12.8. The molecule has 0 saturated carbocycles. The minimum Gasteiger partial charge on any atom is -0.326 e. The zero-order chi connectivity index (χ0) is 19.4. The number of hydrogen-bond acceptors (Lipinski definition) is 3. The molecule has 6 heteroatoms. The van der Waals surface area contributed by atoms with Gasteiger partial charge in [-0.2, -0.15) is 4.31 Å². The summed E-state index contributed by atoms with van der Waals surface area (Å²) < 4.78 is 27.7. The van der Waals surface area contributed by atoms with Crippen LogP contribution in [0.4, 0.5) is 5.69 Å². The highest BCUT2D eigenvalue weighted by Crippen LogP contribution is 2.27. The lowest BCUT2D eigenvalue weighted by molar-refractivity contribution is -0.117. The maximum atomic E-state index is 13.1. The van der Waals surface area contributed by atoms with Crippen LogP contribution in [-0.2, 0) is 14.8 Å². The molecule has 0 aromatic heterocycles. The molecule has 3 rings (SSSR count). The third-order valence-electron chi connectivity index (χ3n) is 4.96. The van der Waals surface area contributed by atoms with Crippen LogP contribution < -0.4 is 5.32 Å². The van der Waals surface area contributed by atoms with Crippen LogP contribution in [-0.4, -0.2) is 31.2 Å². The van der Waals surface area contributed by atoms with Gasteiger partial charge >= 0.3 is 0 Å². The van der Waals surface area contributed by atoms with Crippen LogP contribution in [0.25, 0.3) is 0 Å². The Morgan fingerprint density at radius 2 is 1.59 bits per heavy atom. The number of carbonyl (C=O) groups excluding carboxylic acids is 1. The molecule has 1 atom stereocenters. The third-order valence-corrected chi connectivity index (χ3v) is 6.92. The fourth-order valence-corrected chi connectivity index (χ4v) is 5.10. The summed E-state index contributed by atoms with van der Waals surface area (Å²) in [6.07, 6.45) is 2.62. The molecule has 1 aliphatic rings. The Labute approximate surface area is 161 Å². The van der Waals surface area contributed by atoms with Crippen molar-refractivity contribution in [1.29, 1.82) is 0 Å². The monoisotopic (exact) mass is 386 g/mol. The lowest BCUT2D eigenvalue weighted by atomic mass is 10.0. The van der Waals surface area contributed by atoms with Gasteiger partial charge in [-0.1, -0.05) is 41.8 Å². The number of hydrogen-bond donors (Lipinski definition) is 1. The molecule has 5 nitrogen and oxygen atoms in total. The Morgan fingerprint density at radius 3 is 2.22 bits per heavy atom. The quantitative estimate of drug-likeness (QED) is 0.848. The first-order valence-corrected chi connectivity index (χ1v) is 10.8. The van der Waals surface area contributed by atoms with Crippen molar-refractivity contribution < 1.29 is 13.2 Å². The minimum absolute atomic E-state index is 0.158. The smallest absolute Gasteiger partial charge is 0.243 e. The summed E-state index contributed by atoms with van der Waals surface area (Å²) >= 11 is 0. The zero-order valence-electron chi connectivity index (χ0n) is 15.8. The van der Waals surface area contributed by atoms with E-state index >= 15 is 0 Å². The molecule has 0 radical (unpaired) electrons. The van der Waals surface area contributed by atoms with E-state index in [4.69, 9.17) is 0 Å². The molecule has 27 heavy (non-hydrogen) atoms. The summed E-state index contributed by atoms with van der Waals surface area (Å²) in [5, 5.41) is 2.88. The van der Waals surface area contributed by atoms with Gasteiger partial charge in [-0.25, -0.2) is 8.42 Å². The highest BCUT2D eigenvalue weighted by atomic mass is 32.2. The second-order valence-corrected chi connectivity index (χ2v) is 9.09. The van der Waals surface area contributed by atoms with Crippen molar-refractivity contribution in [2.24, 2.45) is 0 Å². The Hall–Kier alpha value is -2.18. The molecular formula is C21H26N2O3S. The minimum atomic E-state index is -3.60. The maximum Gasteiger partial charge on any atom is 0.243 e. The molecule has 0 bridgehead atoms. The van der Waals surface area contributed by atoms with E-state index < -0.39 is 10.0 Å². The number of amides is 1. The van der Waals surface area contributed by atoms with Gasteiger partial charge in [0.15, 0.2) is 0 Å². The molecule has 1 heterocycles. The summed E-state index contributed by atoms with van der Waals surface area (Å²) in [6, 6.07) is 14.2. The highest BCUT2D eigenvalue weighted by Gasteiger charge is 2.34. The van der Waals surface area contributed by atoms with Crippen molar-refractivity contribution in [2.45, 2.75) is 50.5 Å². The van der Waals surface area contributed by atoms with Crippen LogP contribution >= 0.6 is 0 Å². The van der Waals surface area contributed by atoms with Gasteiger partial charge in [0.25, 0.3) is 0 Å². The Kier molecular flexibility index (Phi) is 5.97. The molecule has 0 unspecified atom stereocenters. The molecule has 2 aromatic rings. The molecule has 1 amide bonds. The van der Waals surface area contributed by atoms with Crippen LogP contribution in [0.3, 0.4) is 0 Å². The van der Waals surface area contributed by atoms with E-state index in [0.29, 0.717) is 17.9 Å². The van der Waals surface area contributed by atoms with Crippen LogP contribution in [0.15, 0.2) is 53.4 Å². The number of aryl methyl sites for hydroxylation is 2. The first kappa shape index (κ1) is 19.6. The second-order valence-electron chi connectivity index (χ2n) is 7.20. The predicted molar refractivity (Wildman–Crippen MR) is 107 cm³/mol. The molecule has 1 N–H and O–H groups in total. The molecule has 1 aliphatic heterocycles. The van der Waals surface area contributed by atoms with Gasteiger partial charge in [-0.3, -0.25) is 4.79 Å². The van der Waals surface area contributed by atoms with Crippen LogP contribution in [0.1, 0.15) is 36.8 Å². The second kappa shape index (κ2) is 8.23. The van der Waals surface area contributed by atoms with E-state index in [-0.39, 0.29) is 18.4 Å². The lowest BCUT2D eigenvalue weighted by Gasteiger charge is -2.34. The largest absolute Gasteiger partial charge is 0.326 e. The number of anilines is 1. The normalized spacial score (nSPS) is 18.2. The molecule has 1 fully saturated rings. The molecule has 1 saturated heterocycles. The predicted octanol–water partition coefficient (Wildman–Crippen LogP) is 3.88. The third kappa shape index (κ3) is 4.76. The molecule has 0 spiro atoms. The van der Waals surface area contributed by atoms with E-state index in [1.165, 1.54) is 4.31 Å². The Morgan fingerprint density at radius 1 is 1.00 bits per heavy atom. The average molecular weight is 387 g/mol. The first-order valence-electron chi connectivity index (χ1n) is 9.31. The molecular weight excluding hydrogens is 360 g/mol. The Bertz CT molecular complexity index is 890. The van der Waals surface area contributed by atoms with Crippen molar-refractivity contribution in [3.8, 4) is 0 Å². The standard InChI is InChI=1S/C21H26N2O3S/c1-16-6-10-18(11-7-16)22-21(24)15-19-5-3-4-14-23(19)27(25,26)20-12-8-17(2)9-13-20/h6-13,19H,3-5,14-15H2,1-2H3,(H,22,24)/t19-/m1/s1. The van der Waals surface area contributed by atoms with Gasteiger partial charge in [-0.05, 0) is 51.0 Å². The van der Waals surface area contributed by atoms with E-state index in [1.54, 1.807) is 24.3 Å². The van der Waals surface area contributed by atoms with Gasteiger partial charge in [0.05, 0.1) is 4.90 Å². The number of carbonyl (C=O) groups is 1. The van der Waals surface area contributed by atoms with Gasteiger partial charge in [0.2, 0.25) is 15.9 Å². The van der Waals surface area contributed by atoms with Crippen molar-refractivity contribution in [3.05, 3.63) is 59.7 Å². The van der Waals surface area contributed by atoms with Crippen molar-refractivity contribution in [2.75, 3.05) is 11.9 Å². The lowest BCUT2D eigenvalue weighted by Crippen LogP contribution is -2.45. The SMILES string of the molecule is Cc1ccc(NC(=O)C[C@H]2CCCCN2S(=O)(=O)c2ccc(C)cc2)cc1. The highest BCUT2D eigenvalue weighted by molar-refractivity contribution is 7.89. The zero-order valence-corrected chi connectivity index (χ0v) is 16.6. The van der Waals surface area contributed by atoms with Crippen LogP contribution in [0.2, 0.25) is 0 Å².